The molecule has 0 saturated carbocycles. The van der Waals surface area contributed by atoms with E-state index in [0.717, 1.165) is 11.3 Å². The number of hydrogen-bond acceptors (Lipinski definition) is 7. The van der Waals surface area contributed by atoms with Gasteiger partial charge in [-0.05, 0) is 29.8 Å². The summed E-state index contributed by atoms with van der Waals surface area (Å²) in [6, 6.07) is 13.7. The second kappa shape index (κ2) is 7.16. The van der Waals surface area contributed by atoms with Gasteiger partial charge in [-0.2, -0.15) is 5.10 Å². The lowest BCUT2D eigenvalue weighted by atomic mass is 10.2. The zero-order valence-corrected chi connectivity index (χ0v) is 14.5. The van der Waals surface area contributed by atoms with Crippen LogP contribution in [0.4, 0.5) is 5.82 Å². The summed E-state index contributed by atoms with van der Waals surface area (Å²) in [6.07, 6.45) is 4.53. The molecule has 0 aliphatic rings. The van der Waals surface area contributed by atoms with Crippen molar-refractivity contribution in [2.75, 3.05) is 5.73 Å². The van der Waals surface area contributed by atoms with Gasteiger partial charge in [-0.1, -0.05) is 24.3 Å². The molecule has 0 saturated heterocycles. The third-order valence-electron chi connectivity index (χ3n) is 4.06. The molecule has 2 heterocycles. The van der Waals surface area contributed by atoms with E-state index in [-0.39, 0.29) is 11.3 Å². The average molecular weight is 373 g/mol. The zero-order chi connectivity index (χ0) is 19.5. The van der Waals surface area contributed by atoms with E-state index >= 15 is 0 Å². The molecule has 0 unspecified atom stereocenters. The number of aromatic hydroxyl groups is 1. The second-order valence-corrected chi connectivity index (χ2v) is 5.85. The Kier molecular flexibility index (Phi) is 4.38. The summed E-state index contributed by atoms with van der Waals surface area (Å²) < 4.78 is 1.80. The van der Waals surface area contributed by atoms with Crippen molar-refractivity contribution in [3.05, 3.63) is 72.3 Å². The van der Waals surface area contributed by atoms with Gasteiger partial charge >= 0.3 is 0 Å². The molecule has 0 spiro atoms. The third-order valence-corrected chi connectivity index (χ3v) is 4.06. The number of aromatic nitrogens is 4. The number of carbonyl (C=O) groups is 1. The predicted octanol–water partition coefficient (Wildman–Crippen LogP) is 1.87. The number of hydrazone groups is 1. The van der Waals surface area contributed by atoms with Gasteiger partial charge in [-0.3, -0.25) is 9.36 Å². The maximum atomic E-state index is 12.0. The third kappa shape index (κ3) is 3.23. The van der Waals surface area contributed by atoms with Crippen LogP contribution in [0.2, 0.25) is 0 Å². The quantitative estimate of drug-likeness (QED) is 0.370. The van der Waals surface area contributed by atoms with Crippen LogP contribution in [-0.2, 0) is 0 Å². The number of phenolic OH excluding ortho intramolecular Hbond substituents is 1. The molecule has 28 heavy (non-hydrogen) atoms. The van der Waals surface area contributed by atoms with E-state index in [2.05, 4.69) is 25.5 Å². The van der Waals surface area contributed by atoms with Crippen molar-refractivity contribution < 1.29 is 9.90 Å². The smallest absolute Gasteiger partial charge is 0.275 e. The number of fused-ring (bicyclic) bond motifs is 1. The molecule has 4 N–H and O–H groups in total. The number of anilines is 1. The van der Waals surface area contributed by atoms with Gasteiger partial charge in [0, 0.05) is 5.69 Å². The number of nitrogens with one attached hydrogen (secondary N) is 1. The summed E-state index contributed by atoms with van der Waals surface area (Å²) in [5.41, 5.74) is 11.1. The molecule has 9 nitrogen and oxygen atoms in total. The molecule has 1 amide bonds. The molecule has 4 aromatic rings. The van der Waals surface area contributed by atoms with Gasteiger partial charge in [0.25, 0.3) is 5.91 Å². The van der Waals surface area contributed by atoms with Gasteiger partial charge in [-0.15, -0.1) is 0 Å². The molecule has 2 aromatic heterocycles. The van der Waals surface area contributed by atoms with Crippen LogP contribution in [0.25, 0.3) is 16.9 Å². The van der Waals surface area contributed by atoms with Crippen LogP contribution in [0.1, 0.15) is 15.9 Å². The Hall–Kier alpha value is -4.27. The van der Waals surface area contributed by atoms with Crippen LogP contribution >= 0.6 is 0 Å². The summed E-state index contributed by atoms with van der Waals surface area (Å²) in [5, 5.41) is 13.6. The largest absolute Gasteiger partial charge is 0.507 e. The van der Waals surface area contributed by atoms with E-state index in [4.69, 9.17) is 5.73 Å². The topological polar surface area (TPSA) is 131 Å². The van der Waals surface area contributed by atoms with Gasteiger partial charge in [0.05, 0.1) is 11.8 Å². The number of hydrogen-bond donors (Lipinski definition) is 3. The highest BCUT2D eigenvalue weighted by Gasteiger charge is 2.10. The van der Waals surface area contributed by atoms with Gasteiger partial charge in [-0.25, -0.2) is 20.4 Å². The van der Waals surface area contributed by atoms with Gasteiger partial charge < -0.3 is 10.8 Å². The monoisotopic (exact) mass is 373 g/mol. The predicted molar refractivity (Wildman–Crippen MR) is 104 cm³/mol. The van der Waals surface area contributed by atoms with Crippen LogP contribution < -0.4 is 11.2 Å². The van der Waals surface area contributed by atoms with E-state index in [9.17, 15) is 9.90 Å². The molecular formula is C19H15N7O2. The lowest BCUT2D eigenvalue weighted by molar-refractivity contribution is 0.0952. The van der Waals surface area contributed by atoms with E-state index in [1.165, 1.54) is 24.7 Å². The minimum atomic E-state index is -0.492. The summed E-state index contributed by atoms with van der Waals surface area (Å²) in [5.74, 6) is -0.266. The Balaban J connectivity index is 1.49. The van der Waals surface area contributed by atoms with Crippen molar-refractivity contribution in [3.63, 3.8) is 0 Å². The maximum absolute atomic E-state index is 12.0. The molecule has 9 heteroatoms. The van der Waals surface area contributed by atoms with Gasteiger partial charge in [0.15, 0.2) is 17.0 Å². The highest BCUT2D eigenvalue weighted by atomic mass is 16.3. The normalized spacial score (nSPS) is 11.1. The first-order valence-electron chi connectivity index (χ1n) is 8.29. The van der Waals surface area contributed by atoms with E-state index in [0.29, 0.717) is 17.0 Å². The second-order valence-electron chi connectivity index (χ2n) is 5.85. The summed E-state index contributed by atoms with van der Waals surface area (Å²) in [7, 11) is 0. The number of nitrogen functional groups attached to an aromatic ring is 1. The van der Waals surface area contributed by atoms with Crippen molar-refractivity contribution in [1.82, 2.24) is 24.9 Å². The number of carbonyl (C=O) groups excluding carboxylic acids is 1. The van der Waals surface area contributed by atoms with Gasteiger partial charge in [0.1, 0.15) is 18.4 Å². The molecule has 2 aromatic carbocycles. The first kappa shape index (κ1) is 17.2. The van der Waals surface area contributed by atoms with Crippen LogP contribution in [0.15, 0.2) is 66.3 Å². The van der Waals surface area contributed by atoms with Crippen molar-refractivity contribution in [3.8, 4) is 11.4 Å². The average Bonchev–Trinajstić information content (AvgIpc) is 3.14. The number of imidazole rings is 1. The molecule has 0 fully saturated rings. The number of benzene rings is 2. The fourth-order valence-electron chi connectivity index (χ4n) is 2.65. The highest BCUT2D eigenvalue weighted by Crippen LogP contribution is 2.19. The number of para-hydroxylation sites is 1. The number of nitrogens with two attached hydrogens (primary N) is 1. The van der Waals surface area contributed by atoms with Crippen LogP contribution in [-0.4, -0.2) is 36.7 Å². The Labute approximate surface area is 159 Å². The molecule has 138 valence electrons. The summed E-state index contributed by atoms with van der Waals surface area (Å²) in [6.45, 7) is 0. The Morgan fingerprint density at radius 3 is 2.68 bits per heavy atom. The molecule has 0 radical (unpaired) electrons. The van der Waals surface area contributed by atoms with Crippen LogP contribution in [0.5, 0.6) is 5.75 Å². The van der Waals surface area contributed by atoms with E-state index < -0.39 is 5.91 Å². The first-order chi connectivity index (χ1) is 13.6. The van der Waals surface area contributed by atoms with Crippen molar-refractivity contribution in [1.29, 1.82) is 0 Å². The Morgan fingerprint density at radius 2 is 1.89 bits per heavy atom. The SMILES string of the molecule is Nc1ncnc2c1ncn2-c1ccc(C=NNC(=O)c2ccccc2O)cc1. The molecule has 0 aliphatic heterocycles. The molecule has 0 atom stereocenters. The first-order valence-corrected chi connectivity index (χ1v) is 8.29. The Morgan fingerprint density at radius 1 is 1.11 bits per heavy atom. The van der Waals surface area contributed by atoms with Crippen molar-refractivity contribution in [2.24, 2.45) is 5.10 Å². The van der Waals surface area contributed by atoms with Crippen molar-refractivity contribution in [2.45, 2.75) is 0 Å². The number of amides is 1. The van der Waals surface area contributed by atoms with Crippen LogP contribution in [0, 0.1) is 0 Å². The van der Waals surface area contributed by atoms with E-state index in [1.54, 1.807) is 23.0 Å². The molecule has 0 bridgehead atoms. The number of rotatable bonds is 4. The minimum absolute atomic E-state index is 0.100. The van der Waals surface area contributed by atoms with Crippen LogP contribution in [0.3, 0.4) is 0 Å². The molecule has 4 rings (SSSR count). The fraction of sp³-hybridized carbons (Fsp3) is 0. The number of nitrogens with zero attached hydrogens (tertiary/aromatic N) is 5. The molecule has 0 aliphatic carbocycles. The minimum Gasteiger partial charge on any atom is -0.507 e. The number of phenols is 1. The lowest BCUT2D eigenvalue weighted by Gasteiger charge is -2.04. The van der Waals surface area contributed by atoms with E-state index in [1.807, 2.05) is 24.3 Å². The Bertz CT molecular complexity index is 1180. The fourth-order valence-corrected chi connectivity index (χ4v) is 2.65. The summed E-state index contributed by atoms with van der Waals surface area (Å²) in [4.78, 5) is 24.4. The standard InChI is InChI=1S/C19H15N7O2/c20-17-16-18(22-10-21-17)26(11-23-16)13-7-5-12(6-8-13)9-24-25-19(28)14-3-1-2-4-15(14)27/h1-11,27H,(H,25,28)(H2,20,21,22). The zero-order valence-electron chi connectivity index (χ0n) is 14.5. The summed E-state index contributed by atoms with van der Waals surface area (Å²) >= 11 is 0. The highest BCUT2D eigenvalue weighted by molar-refractivity contribution is 5.97. The molecular weight excluding hydrogens is 358 g/mol. The van der Waals surface area contributed by atoms with Gasteiger partial charge in [0.2, 0.25) is 0 Å². The maximum Gasteiger partial charge on any atom is 0.275 e. The van der Waals surface area contributed by atoms with Crippen molar-refractivity contribution >= 4 is 29.1 Å². The lowest BCUT2D eigenvalue weighted by Crippen LogP contribution is -2.17.